The minimum Gasteiger partial charge on any atom is -0.507 e. The van der Waals surface area contributed by atoms with Crippen LogP contribution >= 0.6 is 28.1 Å². The van der Waals surface area contributed by atoms with Crippen molar-refractivity contribution in [1.82, 2.24) is 14.9 Å². The first-order chi connectivity index (χ1) is 12.4. The van der Waals surface area contributed by atoms with Crippen molar-refractivity contribution in [3.8, 4) is 22.9 Å². The van der Waals surface area contributed by atoms with E-state index in [-0.39, 0.29) is 11.9 Å². The summed E-state index contributed by atoms with van der Waals surface area (Å²) >= 11 is 8.65. The summed E-state index contributed by atoms with van der Waals surface area (Å²) in [6.45, 7) is 3.94. The minimum absolute atomic E-state index is 0.0728. The number of hydrogen-bond acceptors (Lipinski definition) is 5. The Labute approximate surface area is 164 Å². The van der Waals surface area contributed by atoms with Crippen LogP contribution < -0.4 is 4.74 Å². The van der Waals surface area contributed by atoms with Gasteiger partial charge >= 0.3 is 0 Å². The van der Waals surface area contributed by atoms with E-state index in [4.69, 9.17) is 17.0 Å². The average molecular weight is 433 g/mol. The molecule has 8 heteroatoms. The molecule has 0 aliphatic carbocycles. The maximum absolute atomic E-state index is 9.95. The van der Waals surface area contributed by atoms with E-state index in [0.717, 1.165) is 15.8 Å². The molecule has 26 heavy (non-hydrogen) atoms. The molecule has 0 saturated carbocycles. The van der Waals surface area contributed by atoms with Crippen LogP contribution in [0, 0.1) is 4.77 Å². The van der Waals surface area contributed by atoms with Crippen molar-refractivity contribution in [1.29, 1.82) is 0 Å². The third kappa shape index (κ3) is 4.20. The third-order valence-electron chi connectivity index (χ3n) is 3.42. The number of aromatic nitrogens is 3. The van der Waals surface area contributed by atoms with Gasteiger partial charge in [0.25, 0.3) is 0 Å². The molecule has 0 aliphatic heterocycles. The number of aromatic hydroxyl groups is 1. The summed E-state index contributed by atoms with van der Waals surface area (Å²) in [6.07, 6.45) is 1.60. The number of halogens is 1. The molecule has 0 aliphatic rings. The fourth-order valence-corrected chi connectivity index (χ4v) is 2.87. The summed E-state index contributed by atoms with van der Waals surface area (Å²) in [5.74, 6) is 1.42. The number of aromatic amines is 1. The normalized spacial score (nSPS) is 11.4. The highest BCUT2D eigenvalue weighted by molar-refractivity contribution is 9.10. The highest BCUT2D eigenvalue weighted by Gasteiger charge is 2.10. The highest BCUT2D eigenvalue weighted by atomic mass is 79.9. The van der Waals surface area contributed by atoms with Gasteiger partial charge in [0.2, 0.25) is 4.77 Å². The van der Waals surface area contributed by atoms with Crippen LogP contribution in [-0.4, -0.2) is 32.3 Å². The molecule has 1 aromatic heterocycles. The lowest BCUT2D eigenvalue weighted by molar-refractivity contribution is 0.242. The quantitative estimate of drug-likeness (QED) is 0.450. The maximum Gasteiger partial charge on any atom is 0.216 e. The first kappa shape index (κ1) is 18.3. The summed E-state index contributed by atoms with van der Waals surface area (Å²) in [5, 5.41) is 21.3. The van der Waals surface area contributed by atoms with Gasteiger partial charge in [0.1, 0.15) is 11.5 Å². The molecule has 0 radical (unpaired) electrons. The fraction of sp³-hybridized carbons (Fsp3) is 0.167. The molecule has 0 saturated heterocycles. The molecule has 0 atom stereocenters. The minimum atomic E-state index is 0.0728. The maximum atomic E-state index is 9.95. The summed E-state index contributed by atoms with van der Waals surface area (Å²) < 4.78 is 8.42. The van der Waals surface area contributed by atoms with Gasteiger partial charge in [0.15, 0.2) is 5.82 Å². The Bertz CT molecular complexity index is 1010. The van der Waals surface area contributed by atoms with Crippen molar-refractivity contribution in [3.63, 3.8) is 0 Å². The molecule has 134 valence electrons. The van der Waals surface area contributed by atoms with Crippen LogP contribution in [0.5, 0.6) is 11.5 Å². The van der Waals surface area contributed by atoms with Crippen LogP contribution in [0.4, 0.5) is 0 Å². The Morgan fingerprint density at radius 1 is 1.31 bits per heavy atom. The number of hydrogen-bond donors (Lipinski definition) is 2. The first-order valence-corrected chi connectivity index (χ1v) is 9.11. The van der Waals surface area contributed by atoms with E-state index in [9.17, 15) is 5.11 Å². The highest BCUT2D eigenvalue weighted by Crippen LogP contribution is 2.24. The van der Waals surface area contributed by atoms with Gasteiger partial charge in [-0.3, -0.25) is 0 Å². The van der Waals surface area contributed by atoms with E-state index in [1.54, 1.807) is 18.2 Å². The number of ether oxygens (including phenoxy) is 1. The molecule has 6 nitrogen and oxygen atoms in total. The van der Waals surface area contributed by atoms with Gasteiger partial charge in [-0.25, -0.2) is 5.10 Å². The van der Waals surface area contributed by atoms with E-state index in [1.165, 1.54) is 10.9 Å². The predicted octanol–water partition coefficient (Wildman–Crippen LogP) is 4.75. The van der Waals surface area contributed by atoms with Crippen molar-refractivity contribution < 1.29 is 9.84 Å². The van der Waals surface area contributed by atoms with Crippen molar-refractivity contribution in [2.75, 3.05) is 0 Å². The summed E-state index contributed by atoms with van der Waals surface area (Å²) in [5.41, 5.74) is 1.37. The monoisotopic (exact) mass is 432 g/mol. The zero-order valence-corrected chi connectivity index (χ0v) is 16.6. The Morgan fingerprint density at radius 3 is 2.88 bits per heavy atom. The molecule has 0 unspecified atom stereocenters. The number of H-pyrrole nitrogens is 1. The van der Waals surface area contributed by atoms with E-state index in [2.05, 4.69) is 31.2 Å². The van der Waals surface area contributed by atoms with Crippen LogP contribution in [0.3, 0.4) is 0 Å². The summed E-state index contributed by atoms with van der Waals surface area (Å²) in [4.78, 5) is 0. The van der Waals surface area contributed by atoms with E-state index in [1.807, 2.05) is 38.1 Å². The molecular formula is C18H17BrN4O2S. The van der Waals surface area contributed by atoms with Crippen molar-refractivity contribution >= 4 is 34.4 Å². The van der Waals surface area contributed by atoms with Gasteiger partial charge in [0, 0.05) is 15.6 Å². The Kier molecular flexibility index (Phi) is 5.53. The second-order valence-corrected chi connectivity index (χ2v) is 7.11. The van der Waals surface area contributed by atoms with Crippen molar-refractivity contribution in [2.24, 2.45) is 5.10 Å². The summed E-state index contributed by atoms with van der Waals surface area (Å²) in [7, 11) is 0. The molecule has 3 rings (SSSR count). The topological polar surface area (TPSA) is 75.4 Å². The van der Waals surface area contributed by atoms with Crippen molar-refractivity contribution in [2.45, 2.75) is 20.0 Å². The second kappa shape index (κ2) is 7.84. The molecule has 1 heterocycles. The number of rotatable bonds is 5. The van der Waals surface area contributed by atoms with E-state index in [0.29, 0.717) is 16.2 Å². The van der Waals surface area contributed by atoms with Gasteiger partial charge in [-0.15, -0.1) is 0 Å². The van der Waals surface area contributed by atoms with Gasteiger partial charge in [-0.2, -0.15) is 14.9 Å². The Balaban J connectivity index is 1.98. The predicted molar refractivity (Wildman–Crippen MR) is 107 cm³/mol. The Morgan fingerprint density at radius 2 is 2.12 bits per heavy atom. The smallest absolute Gasteiger partial charge is 0.216 e. The molecule has 3 aromatic rings. The number of phenols is 1. The molecule has 0 spiro atoms. The lowest BCUT2D eigenvalue weighted by Gasteiger charge is -2.10. The molecule has 0 fully saturated rings. The molecule has 0 bridgehead atoms. The summed E-state index contributed by atoms with van der Waals surface area (Å²) in [6, 6.07) is 12.7. The number of phenolic OH excluding ortho intramolecular Hbond substituents is 1. The van der Waals surface area contributed by atoms with Crippen LogP contribution in [0.25, 0.3) is 11.4 Å². The third-order valence-corrected chi connectivity index (χ3v) is 4.17. The van der Waals surface area contributed by atoms with E-state index >= 15 is 0 Å². The molecule has 0 amide bonds. The van der Waals surface area contributed by atoms with Crippen LogP contribution in [0.15, 0.2) is 52.0 Å². The van der Waals surface area contributed by atoms with Gasteiger partial charge in [0.05, 0.1) is 12.3 Å². The second-order valence-electron chi connectivity index (χ2n) is 5.81. The standard InChI is InChI=1S/C18H17BrN4O2S/c1-11(2)25-15-5-3-4-12(9-15)17-21-22-18(26)23(17)20-10-13-8-14(19)6-7-16(13)24/h3-11,24H,1-2H3,(H,22,26). The largest absolute Gasteiger partial charge is 0.507 e. The number of nitrogens with one attached hydrogen (secondary N) is 1. The van der Waals surface area contributed by atoms with Crippen LogP contribution in [-0.2, 0) is 0 Å². The van der Waals surface area contributed by atoms with Crippen LogP contribution in [0.2, 0.25) is 0 Å². The zero-order chi connectivity index (χ0) is 18.7. The molecule has 2 N–H and O–H groups in total. The Hall–Kier alpha value is -2.45. The number of benzene rings is 2. The van der Waals surface area contributed by atoms with E-state index < -0.39 is 0 Å². The molecule has 2 aromatic carbocycles. The fourth-order valence-electron chi connectivity index (χ4n) is 2.32. The SMILES string of the molecule is CC(C)Oc1cccc(-c2n[nH]c(=S)n2N=Cc2cc(Br)ccc2O)c1. The van der Waals surface area contributed by atoms with Crippen LogP contribution in [0.1, 0.15) is 19.4 Å². The van der Waals surface area contributed by atoms with Gasteiger partial charge in [-0.05, 0) is 56.4 Å². The molecular weight excluding hydrogens is 416 g/mol. The number of nitrogens with zero attached hydrogens (tertiary/aromatic N) is 3. The van der Waals surface area contributed by atoms with Gasteiger partial charge in [-0.1, -0.05) is 28.1 Å². The zero-order valence-electron chi connectivity index (χ0n) is 14.2. The first-order valence-electron chi connectivity index (χ1n) is 7.91. The lowest BCUT2D eigenvalue weighted by atomic mass is 10.2. The average Bonchev–Trinajstić information content (AvgIpc) is 2.96. The van der Waals surface area contributed by atoms with Crippen molar-refractivity contribution in [3.05, 3.63) is 57.3 Å². The lowest BCUT2D eigenvalue weighted by Crippen LogP contribution is -2.05. The van der Waals surface area contributed by atoms with Gasteiger partial charge < -0.3 is 9.84 Å².